The number of fused-ring (bicyclic) bond motifs is 2. The molecule has 9 nitrogen and oxygen atoms in total. The number of furan rings is 1. The summed E-state index contributed by atoms with van der Waals surface area (Å²) < 4.78 is 8.11. The van der Waals surface area contributed by atoms with Crippen molar-refractivity contribution in [2.45, 2.75) is 26.7 Å². The van der Waals surface area contributed by atoms with Crippen molar-refractivity contribution >= 4 is 39.6 Å². The first-order valence-electron chi connectivity index (χ1n) is 9.81. The number of imidazole rings is 1. The maximum Gasteiger partial charge on any atom is 0.332 e. The second-order valence-electron chi connectivity index (χ2n) is 7.60. The average molecular weight is 444 g/mol. The highest BCUT2D eigenvalue weighted by Crippen LogP contribution is 2.30. The van der Waals surface area contributed by atoms with E-state index in [1.807, 2.05) is 19.9 Å². The molecule has 0 fully saturated rings. The minimum absolute atomic E-state index is 0.263. The molecule has 162 valence electrons. The highest BCUT2D eigenvalue weighted by molar-refractivity contribution is 6.32. The van der Waals surface area contributed by atoms with Crippen LogP contribution in [0.25, 0.3) is 22.1 Å². The van der Waals surface area contributed by atoms with Gasteiger partial charge in [0, 0.05) is 43.0 Å². The van der Waals surface area contributed by atoms with E-state index in [-0.39, 0.29) is 17.2 Å². The van der Waals surface area contributed by atoms with Crippen LogP contribution in [0.2, 0.25) is 5.02 Å². The van der Waals surface area contributed by atoms with Crippen molar-refractivity contribution in [1.82, 2.24) is 24.4 Å². The van der Waals surface area contributed by atoms with Crippen molar-refractivity contribution in [1.29, 1.82) is 0 Å². The summed E-state index contributed by atoms with van der Waals surface area (Å²) in [6.45, 7) is 4.10. The van der Waals surface area contributed by atoms with Gasteiger partial charge in [0.25, 0.3) is 11.5 Å². The molecule has 31 heavy (non-hydrogen) atoms. The molecule has 0 saturated carbocycles. The van der Waals surface area contributed by atoms with Gasteiger partial charge in [0.05, 0.1) is 0 Å². The molecule has 0 aliphatic carbocycles. The van der Waals surface area contributed by atoms with Crippen LogP contribution in [0.15, 0.2) is 26.1 Å². The van der Waals surface area contributed by atoms with Gasteiger partial charge in [-0.25, -0.2) is 9.78 Å². The summed E-state index contributed by atoms with van der Waals surface area (Å²) in [6.07, 6.45) is 1.09. The molecule has 0 aliphatic heterocycles. The minimum atomic E-state index is -0.430. The van der Waals surface area contributed by atoms with Crippen molar-refractivity contribution in [2.75, 3.05) is 6.54 Å². The van der Waals surface area contributed by atoms with Crippen molar-refractivity contribution in [3.8, 4) is 0 Å². The summed E-state index contributed by atoms with van der Waals surface area (Å²) >= 11 is 6.18. The summed E-state index contributed by atoms with van der Waals surface area (Å²) in [5.74, 6) is 0.537. The first-order chi connectivity index (χ1) is 14.7. The Morgan fingerprint density at radius 2 is 1.97 bits per heavy atom. The maximum atomic E-state index is 12.6. The van der Waals surface area contributed by atoms with Crippen molar-refractivity contribution in [2.24, 2.45) is 14.1 Å². The third-order valence-corrected chi connectivity index (χ3v) is 5.85. The molecule has 0 bridgehead atoms. The summed E-state index contributed by atoms with van der Waals surface area (Å²) in [7, 11) is 2.99. The molecule has 0 saturated heterocycles. The quantitative estimate of drug-likeness (QED) is 0.459. The molecule has 3 aromatic heterocycles. The molecule has 4 aromatic rings. The molecule has 10 heteroatoms. The Hall–Kier alpha value is -3.33. The van der Waals surface area contributed by atoms with E-state index in [9.17, 15) is 14.4 Å². The van der Waals surface area contributed by atoms with E-state index < -0.39 is 11.2 Å². The van der Waals surface area contributed by atoms with E-state index in [0.717, 1.165) is 21.1 Å². The Balaban J connectivity index is 1.44. The highest BCUT2D eigenvalue weighted by atomic mass is 35.5. The molecule has 0 radical (unpaired) electrons. The number of nitrogens with zero attached hydrogens (tertiary/aromatic N) is 3. The topological polar surface area (TPSA) is 115 Å². The van der Waals surface area contributed by atoms with Crippen LogP contribution in [0.3, 0.4) is 0 Å². The number of aryl methyl sites for hydroxylation is 4. The van der Waals surface area contributed by atoms with E-state index in [4.69, 9.17) is 16.0 Å². The van der Waals surface area contributed by atoms with Crippen LogP contribution >= 0.6 is 11.6 Å². The lowest BCUT2D eigenvalue weighted by atomic mass is 10.1. The number of carbonyl (C=O) groups excluding carboxylic acids is 1. The summed E-state index contributed by atoms with van der Waals surface area (Å²) in [6, 6.07) is 3.63. The largest absolute Gasteiger partial charge is 0.451 e. The number of amides is 1. The number of benzene rings is 1. The zero-order chi connectivity index (χ0) is 22.4. The summed E-state index contributed by atoms with van der Waals surface area (Å²) in [5.41, 5.74) is 2.01. The van der Waals surface area contributed by atoms with Gasteiger partial charge in [-0.05, 0) is 38.0 Å². The number of aromatic nitrogens is 4. The fourth-order valence-electron chi connectivity index (χ4n) is 3.59. The van der Waals surface area contributed by atoms with Crippen LogP contribution in [-0.4, -0.2) is 31.6 Å². The molecule has 3 heterocycles. The van der Waals surface area contributed by atoms with Crippen molar-refractivity contribution < 1.29 is 9.21 Å². The van der Waals surface area contributed by atoms with Crippen LogP contribution in [0.5, 0.6) is 0 Å². The smallest absolute Gasteiger partial charge is 0.332 e. The van der Waals surface area contributed by atoms with E-state index in [1.165, 1.54) is 11.6 Å². The average Bonchev–Trinajstić information content (AvgIpc) is 3.30. The predicted octanol–water partition coefficient (Wildman–Crippen LogP) is 2.34. The van der Waals surface area contributed by atoms with Crippen LogP contribution in [0, 0.1) is 13.8 Å². The molecule has 4 rings (SSSR count). The molecular formula is C21H22ClN5O4. The lowest BCUT2D eigenvalue weighted by Crippen LogP contribution is -2.36. The van der Waals surface area contributed by atoms with Gasteiger partial charge in [0.1, 0.15) is 16.9 Å². The maximum absolute atomic E-state index is 12.6. The first-order valence-corrected chi connectivity index (χ1v) is 10.2. The highest BCUT2D eigenvalue weighted by Gasteiger charge is 2.18. The number of hydrogen-bond acceptors (Lipinski definition) is 5. The lowest BCUT2D eigenvalue weighted by molar-refractivity contribution is 0.0926. The zero-order valence-corrected chi connectivity index (χ0v) is 18.4. The number of carbonyl (C=O) groups is 1. The monoisotopic (exact) mass is 443 g/mol. The van der Waals surface area contributed by atoms with E-state index in [2.05, 4.69) is 15.3 Å². The number of rotatable bonds is 5. The lowest BCUT2D eigenvalue weighted by Gasteiger charge is -2.03. The molecule has 0 aliphatic rings. The Labute approximate surface area is 181 Å². The van der Waals surface area contributed by atoms with Crippen LogP contribution in [-0.2, 0) is 20.5 Å². The van der Waals surface area contributed by atoms with Gasteiger partial charge in [-0.2, -0.15) is 0 Å². The van der Waals surface area contributed by atoms with E-state index in [0.29, 0.717) is 41.5 Å². The first kappa shape index (κ1) is 20.9. The normalized spacial score (nSPS) is 11.5. The predicted molar refractivity (Wildman–Crippen MR) is 118 cm³/mol. The van der Waals surface area contributed by atoms with Gasteiger partial charge in [-0.15, -0.1) is 0 Å². The van der Waals surface area contributed by atoms with Gasteiger partial charge in [0.15, 0.2) is 11.4 Å². The Morgan fingerprint density at radius 3 is 2.71 bits per heavy atom. The minimum Gasteiger partial charge on any atom is -0.451 e. The van der Waals surface area contributed by atoms with Gasteiger partial charge in [-0.1, -0.05) is 11.6 Å². The summed E-state index contributed by atoms with van der Waals surface area (Å²) in [5, 5.41) is 4.29. The zero-order valence-electron chi connectivity index (χ0n) is 17.6. The summed E-state index contributed by atoms with van der Waals surface area (Å²) in [4.78, 5) is 44.2. The van der Waals surface area contributed by atoms with Crippen molar-refractivity contribution in [3.05, 3.63) is 60.7 Å². The second kappa shape index (κ2) is 7.73. The fourth-order valence-corrected chi connectivity index (χ4v) is 3.75. The van der Waals surface area contributed by atoms with Crippen molar-refractivity contribution in [3.63, 3.8) is 0 Å². The molecule has 1 amide bonds. The number of halogens is 1. The Kier molecular flexibility index (Phi) is 5.22. The molecule has 2 N–H and O–H groups in total. The van der Waals surface area contributed by atoms with Gasteiger partial charge in [0.2, 0.25) is 0 Å². The number of H-pyrrole nitrogens is 1. The van der Waals surface area contributed by atoms with Gasteiger partial charge >= 0.3 is 5.69 Å². The van der Waals surface area contributed by atoms with Crippen LogP contribution in [0.1, 0.15) is 33.9 Å². The fraction of sp³-hybridized carbons (Fsp3) is 0.333. The molecule has 0 atom stereocenters. The standard InChI is InChI=1S/C21H22ClN5O4/c1-10-8-14-12(9-13(10)22)11(2)17(31-14)19(28)23-7-5-6-15-24-16-18(25-15)26(3)21(30)27(4)20(16)29/h8-9H,5-7H2,1-4H3,(H,23,28)(H,24,25). The number of nitrogens with one attached hydrogen (secondary N) is 2. The van der Waals surface area contributed by atoms with E-state index in [1.54, 1.807) is 13.1 Å². The number of aromatic amines is 1. The molecular weight excluding hydrogens is 422 g/mol. The Morgan fingerprint density at radius 1 is 1.23 bits per heavy atom. The molecule has 1 aromatic carbocycles. The van der Waals surface area contributed by atoms with Gasteiger partial charge in [-0.3, -0.25) is 18.7 Å². The number of hydrogen-bond donors (Lipinski definition) is 2. The van der Waals surface area contributed by atoms with E-state index >= 15 is 0 Å². The third kappa shape index (κ3) is 3.54. The second-order valence-corrected chi connectivity index (χ2v) is 8.01. The van der Waals surface area contributed by atoms with Gasteiger partial charge < -0.3 is 14.7 Å². The molecule has 0 unspecified atom stereocenters. The molecule has 0 spiro atoms. The SMILES string of the molecule is Cc1cc2oc(C(=O)NCCCc3nc4c([nH]3)c(=O)n(C)c(=O)n4C)c(C)c2cc1Cl. The Bertz CT molecular complexity index is 1460. The third-order valence-electron chi connectivity index (χ3n) is 5.44. The van der Waals surface area contributed by atoms with Crippen LogP contribution < -0.4 is 16.6 Å². The van der Waals surface area contributed by atoms with Crippen LogP contribution in [0.4, 0.5) is 0 Å².